The molecule has 2 aromatic carbocycles. The molecule has 0 bridgehead atoms. The molecule has 0 aliphatic carbocycles. The lowest BCUT2D eigenvalue weighted by atomic mass is 10.1. The van der Waals surface area contributed by atoms with Gasteiger partial charge in [-0.05, 0) is 44.9 Å². The third-order valence-corrected chi connectivity index (χ3v) is 7.08. The van der Waals surface area contributed by atoms with E-state index in [0.29, 0.717) is 11.5 Å². The predicted octanol–water partition coefficient (Wildman–Crippen LogP) is 3.11. The van der Waals surface area contributed by atoms with Crippen molar-refractivity contribution in [2.24, 2.45) is 0 Å². The molecular formula is C26H37N3O6S. The van der Waals surface area contributed by atoms with Gasteiger partial charge in [-0.15, -0.1) is 0 Å². The van der Waals surface area contributed by atoms with Gasteiger partial charge >= 0.3 is 0 Å². The van der Waals surface area contributed by atoms with Crippen LogP contribution in [0.1, 0.15) is 38.3 Å². The van der Waals surface area contributed by atoms with Gasteiger partial charge in [-0.1, -0.05) is 36.8 Å². The number of nitrogens with one attached hydrogen (secondary N) is 1. The molecule has 0 radical (unpaired) electrons. The van der Waals surface area contributed by atoms with Gasteiger partial charge in [0, 0.05) is 18.7 Å². The second kappa shape index (κ2) is 12.6. The van der Waals surface area contributed by atoms with Gasteiger partial charge < -0.3 is 19.7 Å². The number of nitrogens with zero attached hydrogens (tertiary/aromatic N) is 2. The van der Waals surface area contributed by atoms with E-state index in [1.807, 2.05) is 45.0 Å². The number of amides is 2. The lowest BCUT2D eigenvalue weighted by Crippen LogP contribution is -2.52. The number of carbonyl (C=O) groups excluding carboxylic acids is 2. The molecule has 0 aromatic heterocycles. The summed E-state index contributed by atoms with van der Waals surface area (Å²) in [6, 6.07) is 11.4. The number of hydrogen-bond acceptors (Lipinski definition) is 6. The third kappa shape index (κ3) is 7.61. The second-order valence-electron chi connectivity index (χ2n) is 8.81. The zero-order chi connectivity index (χ0) is 27.0. The van der Waals surface area contributed by atoms with Crippen LogP contribution in [0.4, 0.5) is 5.69 Å². The summed E-state index contributed by atoms with van der Waals surface area (Å²) in [4.78, 5) is 28.0. The number of ether oxygens (including phenoxy) is 2. The summed E-state index contributed by atoms with van der Waals surface area (Å²) in [5, 5.41) is 2.91. The summed E-state index contributed by atoms with van der Waals surface area (Å²) >= 11 is 0. The third-order valence-electron chi connectivity index (χ3n) is 5.94. The van der Waals surface area contributed by atoms with E-state index < -0.39 is 28.5 Å². The van der Waals surface area contributed by atoms with Crippen LogP contribution >= 0.6 is 0 Å². The number of anilines is 1. The lowest BCUT2D eigenvalue weighted by Gasteiger charge is -2.32. The lowest BCUT2D eigenvalue weighted by molar-refractivity contribution is -0.139. The molecule has 2 aromatic rings. The van der Waals surface area contributed by atoms with Gasteiger partial charge in [-0.2, -0.15) is 0 Å². The maximum absolute atomic E-state index is 13.6. The molecule has 0 saturated carbocycles. The molecule has 0 unspecified atom stereocenters. The molecule has 9 nitrogen and oxygen atoms in total. The van der Waals surface area contributed by atoms with Gasteiger partial charge in [-0.25, -0.2) is 8.42 Å². The first kappa shape index (κ1) is 29.0. The molecule has 2 amide bonds. The van der Waals surface area contributed by atoms with E-state index >= 15 is 0 Å². The van der Waals surface area contributed by atoms with Crippen LogP contribution in [0.2, 0.25) is 0 Å². The SMILES string of the molecule is CC[C@H](C)NC(=O)[C@@H](C)N(Cc1cccc(C)c1)C(=O)CN(c1ccc(OC)c(OC)c1)S(C)(=O)=O. The first-order valence-corrected chi connectivity index (χ1v) is 13.6. The highest BCUT2D eigenvalue weighted by Gasteiger charge is 2.30. The number of methoxy groups -OCH3 is 2. The van der Waals surface area contributed by atoms with Crippen molar-refractivity contribution in [3.05, 3.63) is 53.6 Å². The summed E-state index contributed by atoms with van der Waals surface area (Å²) < 4.78 is 37.0. The summed E-state index contributed by atoms with van der Waals surface area (Å²) in [6.45, 7) is 7.10. The van der Waals surface area contributed by atoms with Crippen molar-refractivity contribution in [3.8, 4) is 11.5 Å². The number of hydrogen-bond donors (Lipinski definition) is 1. The first-order valence-electron chi connectivity index (χ1n) is 11.8. The molecular weight excluding hydrogens is 482 g/mol. The Hall–Kier alpha value is -3.27. The van der Waals surface area contributed by atoms with Crippen LogP contribution in [0.3, 0.4) is 0 Å². The average Bonchev–Trinajstić information content (AvgIpc) is 2.83. The Morgan fingerprint density at radius 2 is 1.69 bits per heavy atom. The predicted molar refractivity (Wildman–Crippen MR) is 141 cm³/mol. The second-order valence-corrected chi connectivity index (χ2v) is 10.7. The minimum atomic E-state index is -3.85. The fraction of sp³-hybridized carbons (Fsp3) is 0.462. The standard InChI is InChI=1S/C26H37N3O6S/c1-8-19(3)27-26(31)20(4)28(16-21-11-9-10-18(2)14-21)25(30)17-29(36(7,32)33)22-12-13-23(34-5)24(15-22)35-6/h9-15,19-20H,8,16-17H2,1-7H3,(H,27,31)/t19-,20+/m0/s1. The highest BCUT2D eigenvalue weighted by Crippen LogP contribution is 2.32. The molecule has 1 N–H and O–H groups in total. The summed E-state index contributed by atoms with van der Waals surface area (Å²) in [5.41, 5.74) is 2.10. The van der Waals surface area contributed by atoms with Crippen molar-refractivity contribution in [3.63, 3.8) is 0 Å². The van der Waals surface area contributed by atoms with E-state index in [4.69, 9.17) is 9.47 Å². The molecule has 0 saturated heterocycles. The van der Waals surface area contributed by atoms with Crippen molar-refractivity contribution < 1.29 is 27.5 Å². The molecule has 2 rings (SSSR count). The van der Waals surface area contributed by atoms with Crippen LogP contribution < -0.4 is 19.1 Å². The Labute approximate surface area is 214 Å². The number of sulfonamides is 1. The Morgan fingerprint density at radius 3 is 2.25 bits per heavy atom. The monoisotopic (exact) mass is 519 g/mol. The van der Waals surface area contributed by atoms with Crippen molar-refractivity contribution in [1.82, 2.24) is 10.2 Å². The van der Waals surface area contributed by atoms with E-state index in [-0.39, 0.29) is 24.2 Å². The largest absolute Gasteiger partial charge is 0.493 e. The van der Waals surface area contributed by atoms with Crippen LogP contribution in [-0.2, 0) is 26.2 Å². The highest BCUT2D eigenvalue weighted by molar-refractivity contribution is 7.92. The molecule has 198 valence electrons. The topological polar surface area (TPSA) is 105 Å². The number of carbonyl (C=O) groups is 2. The molecule has 10 heteroatoms. The quantitative estimate of drug-likeness (QED) is 0.462. The minimum absolute atomic E-state index is 0.0600. The van der Waals surface area contributed by atoms with Crippen molar-refractivity contribution in [2.75, 3.05) is 31.3 Å². The normalized spacial score (nSPS) is 12.9. The zero-order valence-corrected chi connectivity index (χ0v) is 22.9. The smallest absolute Gasteiger partial charge is 0.244 e. The first-order chi connectivity index (χ1) is 16.9. The molecule has 36 heavy (non-hydrogen) atoms. The molecule has 0 heterocycles. The summed E-state index contributed by atoms with van der Waals surface area (Å²) in [5.74, 6) is -0.0580. The van der Waals surface area contributed by atoms with Gasteiger partial charge in [-0.3, -0.25) is 13.9 Å². The Bertz CT molecular complexity index is 1170. The van der Waals surface area contributed by atoms with E-state index in [1.54, 1.807) is 19.1 Å². The van der Waals surface area contributed by atoms with Gasteiger partial charge in [0.2, 0.25) is 21.8 Å². The Kier molecular flexibility index (Phi) is 10.2. The number of aryl methyl sites for hydroxylation is 1. The molecule has 0 aliphatic heterocycles. The van der Waals surface area contributed by atoms with E-state index in [1.165, 1.54) is 25.2 Å². The number of benzene rings is 2. The highest BCUT2D eigenvalue weighted by atomic mass is 32.2. The van der Waals surface area contributed by atoms with Crippen LogP contribution in [0.15, 0.2) is 42.5 Å². The van der Waals surface area contributed by atoms with Gasteiger partial charge in [0.15, 0.2) is 11.5 Å². The Morgan fingerprint density at radius 1 is 1.03 bits per heavy atom. The van der Waals surface area contributed by atoms with Gasteiger partial charge in [0.1, 0.15) is 12.6 Å². The molecule has 0 fully saturated rings. The van der Waals surface area contributed by atoms with Crippen LogP contribution in [0, 0.1) is 6.92 Å². The van der Waals surface area contributed by atoms with Crippen molar-refractivity contribution >= 4 is 27.5 Å². The van der Waals surface area contributed by atoms with Crippen molar-refractivity contribution in [1.29, 1.82) is 0 Å². The van der Waals surface area contributed by atoms with Crippen molar-refractivity contribution in [2.45, 2.75) is 52.7 Å². The molecule has 2 atom stereocenters. The zero-order valence-electron chi connectivity index (χ0n) is 22.1. The fourth-order valence-electron chi connectivity index (χ4n) is 3.65. The Balaban J connectivity index is 2.44. The van der Waals surface area contributed by atoms with E-state index in [0.717, 1.165) is 28.1 Å². The maximum Gasteiger partial charge on any atom is 0.244 e. The summed E-state index contributed by atoms with van der Waals surface area (Å²) in [6.07, 6.45) is 1.77. The molecule has 0 aliphatic rings. The summed E-state index contributed by atoms with van der Waals surface area (Å²) in [7, 11) is -0.931. The molecule has 0 spiro atoms. The average molecular weight is 520 g/mol. The van der Waals surface area contributed by atoms with Gasteiger partial charge in [0.05, 0.1) is 26.2 Å². The van der Waals surface area contributed by atoms with Crippen LogP contribution in [0.25, 0.3) is 0 Å². The van der Waals surface area contributed by atoms with E-state index in [2.05, 4.69) is 5.32 Å². The van der Waals surface area contributed by atoms with Gasteiger partial charge in [0.25, 0.3) is 0 Å². The van der Waals surface area contributed by atoms with Crippen LogP contribution in [0.5, 0.6) is 11.5 Å². The minimum Gasteiger partial charge on any atom is -0.493 e. The van der Waals surface area contributed by atoms with E-state index in [9.17, 15) is 18.0 Å². The number of rotatable bonds is 12. The van der Waals surface area contributed by atoms with Crippen LogP contribution in [-0.4, -0.2) is 64.2 Å². The fourth-order valence-corrected chi connectivity index (χ4v) is 4.49. The maximum atomic E-state index is 13.6.